The first kappa shape index (κ1) is 14.2. The van der Waals surface area contributed by atoms with Crippen LogP contribution in [0.5, 0.6) is 0 Å². The molecule has 0 radical (unpaired) electrons. The molecule has 0 saturated heterocycles. The molecule has 0 spiro atoms. The van der Waals surface area contributed by atoms with Gasteiger partial charge in [0.15, 0.2) is 0 Å². The molecule has 12 heavy (non-hydrogen) atoms. The molecule has 74 valence electrons. The lowest BCUT2D eigenvalue weighted by atomic mass is 10.4. The lowest BCUT2D eigenvalue weighted by Crippen LogP contribution is -2.21. The number of methoxy groups -OCH3 is 1. The highest BCUT2D eigenvalue weighted by Crippen LogP contribution is 1.91. The van der Waals surface area contributed by atoms with Crippen LogP contribution in [-0.4, -0.2) is 32.3 Å². The molecular formula is C7H16ClNO3. The van der Waals surface area contributed by atoms with Gasteiger partial charge in [-0.05, 0) is 6.92 Å². The minimum absolute atomic E-state index is 0. The second-order valence-electron chi connectivity index (χ2n) is 2.24. The summed E-state index contributed by atoms with van der Waals surface area (Å²) in [6, 6.07) is 0. The number of ether oxygens (including phenoxy) is 2. The van der Waals surface area contributed by atoms with Gasteiger partial charge in [0.05, 0.1) is 26.2 Å². The topological polar surface area (TPSA) is 61.5 Å². The summed E-state index contributed by atoms with van der Waals surface area (Å²) in [5.41, 5.74) is 5.28. The lowest BCUT2D eigenvalue weighted by molar-refractivity contribution is -0.142. The molecule has 1 atom stereocenters. The van der Waals surface area contributed by atoms with E-state index < -0.39 is 0 Å². The van der Waals surface area contributed by atoms with Crippen LogP contribution >= 0.6 is 12.4 Å². The van der Waals surface area contributed by atoms with Gasteiger partial charge in [0.1, 0.15) is 0 Å². The maximum atomic E-state index is 10.5. The normalized spacial score (nSPS) is 11.6. The van der Waals surface area contributed by atoms with Crippen molar-refractivity contribution in [2.75, 3.05) is 20.3 Å². The Kier molecular flexibility index (Phi) is 10.4. The lowest BCUT2D eigenvalue weighted by Gasteiger charge is -2.08. The minimum Gasteiger partial charge on any atom is -0.469 e. The quantitative estimate of drug-likeness (QED) is 0.646. The predicted octanol–water partition coefficient (Wildman–Crippen LogP) is 0.335. The van der Waals surface area contributed by atoms with Crippen molar-refractivity contribution in [2.45, 2.75) is 19.4 Å². The van der Waals surface area contributed by atoms with E-state index in [4.69, 9.17) is 10.5 Å². The molecule has 0 aliphatic carbocycles. The average Bonchev–Trinajstić information content (AvgIpc) is 2.04. The van der Waals surface area contributed by atoms with Crippen LogP contribution in [0.1, 0.15) is 13.3 Å². The molecule has 0 aromatic carbocycles. The van der Waals surface area contributed by atoms with Crippen molar-refractivity contribution in [1.29, 1.82) is 0 Å². The molecule has 5 heteroatoms. The van der Waals surface area contributed by atoms with Crippen LogP contribution in [-0.2, 0) is 14.3 Å². The van der Waals surface area contributed by atoms with Gasteiger partial charge in [-0.15, -0.1) is 12.4 Å². The Hall–Kier alpha value is -0.320. The van der Waals surface area contributed by atoms with Crippen LogP contribution in [0.2, 0.25) is 0 Å². The van der Waals surface area contributed by atoms with Crippen molar-refractivity contribution >= 4 is 18.4 Å². The number of esters is 1. The maximum Gasteiger partial charge on any atom is 0.307 e. The molecule has 0 amide bonds. The van der Waals surface area contributed by atoms with E-state index in [2.05, 4.69) is 4.74 Å². The first-order valence-corrected chi connectivity index (χ1v) is 3.59. The number of carbonyl (C=O) groups is 1. The highest BCUT2D eigenvalue weighted by molar-refractivity contribution is 5.85. The summed E-state index contributed by atoms with van der Waals surface area (Å²) in [7, 11) is 1.36. The van der Waals surface area contributed by atoms with E-state index in [-0.39, 0.29) is 24.5 Å². The van der Waals surface area contributed by atoms with E-state index in [1.54, 1.807) is 0 Å². The van der Waals surface area contributed by atoms with E-state index in [1.807, 2.05) is 6.92 Å². The third-order valence-electron chi connectivity index (χ3n) is 1.27. The van der Waals surface area contributed by atoms with Crippen molar-refractivity contribution in [2.24, 2.45) is 5.73 Å². The number of halogens is 1. The Labute approximate surface area is 78.8 Å². The van der Waals surface area contributed by atoms with Crippen LogP contribution < -0.4 is 5.73 Å². The Morgan fingerprint density at radius 3 is 2.58 bits per heavy atom. The first-order valence-electron chi connectivity index (χ1n) is 3.59. The van der Waals surface area contributed by atoms with E-state index in [0.717, 1.165) is 0 Å². The summed E-state index contributed by atoms with van der Waals surface area (Å²) in [6.07, 6.45) is 0.306. The van der Waals surface area contributed by atoms with Crippen molar-refractivity contribution in [1.82, 2.24) is 0 Å². The Bertz CT molecular complexity index is 121. The van der Waals surface area contributed by atoms with Crippen LogP contribution in [0, 0.1) is 0 Å². The largest absolute Gasteiger partial charge is 0.469 e. The molecule has 0 fully saturated rings. The van der Waals surface area contributed by atoms with E-state index >= 15 is 0 Å². The average molecular weight is 198 g/mol. The predicted molar refractivity (Wildman–Crippen MR) is 48.3 cm³/mol. The molecule has 0 aromatic heterocycles. The molecule has 0 rings (SSSR count). The van der Waals surface area contributed by atoms with Crippen LogP contribution in [0.15, 0.2) is 0 Å². The number of rotatable bonds is 5. The molecule has 0 heterocycles. The molecule has 0 unspecified atom stereocenters. The zero-order valence-corrected chi connectivity index (χ0v) is 8.23. The summed E-state index contributed by atoms with van der Waals surface area (Å²) in [5.74, 6) is -0.255. The molecule has 0 bridgehead atoms. The zero-order valence-electron chi connectivity index (χ0n) is 7.41. The van der Waals surface area contributed by atoms with Gasteiger partial charge in [0.2, 0.25) is 0 Å². The van der Waals surface area contributed by atoms with Crippen LogP contribution in [0.4, 0.5) is 0 Å². The van der Waals surface area contributed by atoms with Gasteiger partial charge in [0, 0.05) is 6.54 Å². The molecule has 2 N–H and O–H groups in total. The summed E-state index contributed by atoms with van der Waals surface area (Å²) < 4.78 is 9.55. The Morgan fingerprint density at radius 1 is 1.58 bits per heavy atom. The zero-order chi connectivity index (χ0) is 8.69. The molecular weight excluding hydrogens is 182 g/mol. The number of hydrogen-bond acceptors (Lipinski definition) is 4. The third kappa shape index (κ3) is 7.78. The van der Waals surface area contributed by atoms with E-state index in [9.17, 15) is 4.79 Å². The summed E-state index contributed by atoms with van der Waals surface area (Å²) >= 11 is 0. The first-order chi connectivity index (χ1) is 5.20. The summed E-state index contributed by atoms with van der Waals surface area (Å²) in [5, 5.41) is 0. The molecule has 0 aromatic rings. The van der Waals surface area contributed by atoms with E-state index in [0.29, 0.717) is 19.6 Å². The monoisotopic (exact) mass is 197 g/mol. The maximum absolute atomic E-state index is 10.5. The van der Waals surface area contributed by atoms with Gasteiger partial charge in [-0.2, -0.15) is 0 Å². The van der Waals surface area contributed by atoms with E-state index in [1.165, 1.54) is 7.11 Å². The molecule has 0 aliphatic rings. The Balaban J connectivity index is 0. The highest BCUT2D eigenvalue weighted by Gasteiger charge is 2.02. The fourth-order valence-corrected chi connectivity index (χ4v) is 0.514. The molecule has 0 saturated carbocycles. The second kappa shape index (κ2) is 8.77. The minimum atomic E-state index is -0.255. The fraction of sp³-hybridized carbons (Fsp3) is 0.857. The van der Waals surface area contributed by atoms with Gasteiger partial charge in [0.25, 0.3) is 0 Å². The Morgan fingerprint density at radius 2 is 2.17 bits per heavy atom. The van der Waals surface area contributed by atoms with Gasteiger partial charge >= 0.3 is 5.97 Å². The van der Waals surface area contributed by atoms with Crippen LogP contribution in [0.25, 0.3) is 0 Å². The molecule has 4 nitrogen and oxygen atoms in total. The SMILES string of the molecule is COC(=O)CCO[C@H](C)CN.Cl. The summed E-state index contributed by atoms with van der Waals surface area (Å²) in [6.45, 7) is 2.71. The molecule has 0 aliphatic heterocycles. The second-order valence-corrected chi connectivity index (χ2v) is 2.24. The number of carbonyl (C=O) groups excluding carboxylic acids is 1. The number of nitrogens with two attached hydrogens (primary N) is 1. The highest BCUT2D eigenvalue weighted by atomic mass is 35.5. The van der Waals surface area contributed by atoms with Crippen molar-refractivity contribution in [3.63, 3.8) is 0 Å². The van der Waals surface area contributed by atoms with Crippen molar-refractivity contribution in [3.05, 3.63) is 0 Å². The fourth-order valence-electron chi connectivity index (χ4n) is 0.514. The van der Waals surface area contributed by atoms with Gasteiger partial charge in [-0.25, -0.2) is 0 Å². The smallest absolute Gasteiger partial charge is 0.307 e. The summed E-state index contributed by atoms with van der Waals surface area (Å²) in [4.78, 5) is 10.5. The third-order valence-corrected chi connectivity index (χ3v) is 1.27. The van der Waals surface area contributed by atoms with Crippen molar-refractivity contribution in [3.8, 4) is 0 Å². The number of hydrogen-bond donors (Lipinski definition) is 1. The van der Waals surface area contributed by atoms with Gasteiger partial charge < -0.3 is 15.2 Å². The van der Waals surface area contributed by atoms with Crippen molar-refractivity contribution < 1.29 is 14.3 Å². The standard InChI is InChI=1S/C7H15NO3.ClH/c1-6(5-8)11-4-3-7(9)10-2;/h6H,3-5,8H2,1-2H3;1H/t6-;/m1./s1. The van der Waals surface area contributed by atoms with Gasteiger partial charge in [-0.3, -0.25) is 4.79 Å². The van der Waals surface area contributed by atoms with Gasteiger partial charge in [-0.1, -0.05) is 0 Å². The van der Waals surface area contributed by atoms with Crippen LogP contribution in [0.3, 0.4) is 0 Å².